The molecule has 0 unspecified atom stereocenters. The number of hydrogen-bond donors (Lipinski definition) is 1. The molecule has 0 amide bonds. The minimum Gasteiger partial charge on any atom is -0.312 e. The summed E-state index contributed by atoms with van der Waals surface area (Å²) in [5.41, 5.74) is 7.73. The number of aromatic nitrogens is 1. The van der Waals surface area contributed by atoms with E-state index in [0.29, 0.717) is 6.67 Å². The van der Waals surface area contributed by atoms with Gasteiger partial charge in [0.25, 0.3) is 0 Å². The number of pyridine rings is 1. The number of nitrogens with zero attached hydrogens (tertiary/aromatic N) is 3. The Morgan fingerprint density at radius 1 is 1.17 bits per heavy atom. The molecule has 4 nitrogen and oxygen atoms in total. The highest BCUT2D eigenvalue weighted by atomic mass is 15.5. The Morgan fingerprint density at radius 3 is 2.44 bits per heavy atom. The lowest BCUT2D eigenvalue weighted by Gasteiger charge is -2.15. The molecule has 0 radical (unpaired) electrons. The maximum atomic E-state index is 5.70. The van der Waals surface area contributed by atoms with Crippen LogP contribution in [0, 0.1) is 0 Å². The van der Waals surface area contributed by atoms with Crippen LogP contribution in [0.3, 0.4) is 0 Å². The van der Waals surface area contributed by atoms with Crippen molar-refractivity contribution in [2.45, 2.75) is 0 Å². The van der Waals surface area contributed by atoms with Crippen LogP contribution < -0.4 is 15.3 Å². The van der Waals surface area contributed by atoms with Crippen LogP contribution in [0.4, 0.5) is 5.69 Å². The van der Waals surface area contributed by atoms with Crippen molar-refractivity contribution in [3.63, 3.8) is 0 Å². The van der Waals surface area contributed by atoms with Crippen molar-refractivity contribution in [2.24, 2.45) is 17.9 Å². The highest BCUT2D eigenvalue weighted by molar-refractivity contribution is 5.79. The average molecular weight is 241 g/mol. The summed E-state index contributed by atoms with van der Waals surface area (Å²) in [5, 5.41) is 6.14. The smallest absolute Gasteiger partial charge is 0.169 e. The molecule has 1 aromatic carbocycles. The van der Waals surface area contributed by atoms with Gasteiger partial charge in [-0.15, -0.1) is 0 Å². The van der Waals surface area contributed by atoms with E-state index in [4.69, 9.17) is 5.73 Å². The molecule has 2 rings (SSSR count). The van der Waals surface area contributed by atoms with Crippen molar-refractivity contribution >= 4 is 11.9 Å². The van der Waals surface area contributed by atoms with Gasteiger partial charge in [-0.05, 0) is 12.1 Å². The van der Waals surface area contributed by atoms with Crippen molar-refractivity contribution in [3.8, 4) is 0 Å². The molecule has 2 N–H and O–H groups in total. The van der Waals surface area contributed by atoms with Gasteiger partial charge in [0.2, 0.25) is 0 Å². The summed E-state index contributed by atoms with van der Waals surface area (Å²) in [5.74, 6) is 0. The number of hydrazone groups is 1. The zero-order chi connectivity index (χ0) is 12.8. The molecule has 2 aromatic rings. The van der Waals surface area contributed by atoms with Gasteiger partial charge in [-0.1, -0.05) is 18.2 Å². The van der Waals surface area contributed by atoms with Crippen LogP contribution in [0.1, 0.15) is 5.56 Å². The van der Waals surface area contributed by atoms with E-state index in [1.165, 1.54) is 0 Å². The molecule has 4 heteroatoms. The quantitative estimate of drug-likeness (QED) is 0.379. The van der Waals surface area contributed by atoms with Crippen molar-refractivity contribution in [1.82, 2.24) is 0 Å². The summed E-state index contributed by atoms with van der Waals surface area (Å²) in [7, 11) is 1.98. The molecule has 1 heterocycles. The summed E-state index contributed by atoms with van der Waals surface area (Å²) in [6.45, 7) is 0.348. The Bertz CT molecular complexity index is 505. The van der Waals surface area contributed by atoms with Gasteiger partial charge in [-0.2, -0.15) is 5.10 Å². The summed E-state index contributed by atoms with van der Waals surface area (Å²) in [4.78, 5) is 0. The van der Waals surface area contributed by atoms with Gasteiger partial charge in [0.15, 0.2) is 12.4 Å². The summed E-state index contributed by atoms with van der Waals surface area (Å²) < 4.78 is 1.98. The average Bonchev–Trinajstić information content (AvgIpc) is 2.43. The zero-order valence-corrected chi connectivity index (χ0v) is 10.4. The molecule has 1 aromatic heterocycles. The standard InChI is InChI=1S/C14H17N4/c1-17-9-7-13(8-10-17)11-16-18(12-15)14-5-3-2-4-6-14/h2-11H,12,15H2,1H3/q+1. The third-order valence-electron chi connectivity index (χ3n) is 2.58. The molecule has 0 spiro atoms. The van der Waals surface area contributed by atoms with E-state index < -0.39 is 0 Å². The van der Waals surface area contributed by atoms with Crippen LogP contribution in [-0.2, 0) is 7.05 Å². The van der Waals surface area contributed by atoms with Crippen LogP contribution in [0.2, 0.25) is 0 Å². The Kier molecular flexibility index (Phi) is 4.04. The molecule has 18 heavy (non-hydrogen) atoms. The lowest BCUT2D eigenvalue weighted by Crippen LogP contribution is -2.26. The third kappa shape index (κ3) is 3.15. The maximum absolute atomic E-state index is 5.70. The molecule has 0 bridgehead atoms. The second-order valence-electron chi connectivity index (χ2n) is 3.96. The van der Waals surface area contributed by atoms with Gasteiger partial charge in [0, 0.05) is 17.7 Å². The molecule has 0 saturated carbocycles. The largest absolute Gasteiger partial charge is 0.312 e. The molecular weight excluding hydrogens is 224 g/mol. The minimum atomic E-state index is 0.348. The molecule has 0 aliphatic carbocycles. The first-order valence-electron chi connectivity index (χ1n) is 5.81. The van der Waals surface area contributed by atoms with E-state index in [1.807, 2.05) is 66.5 Å². The topological polar surface area (TPSA) is 45.5 Å². The van der Waals surface area contributed by atoms with Gasteiger partial charge in [-0.25, -0.2) is 4.57 Å². The number of hydrogen-bond acceptors (Lipinski definition) is 3. The van der Waals surface area contributed by atoms with Crippen LogP contribution in [0.15, 0.2) is 60.0 Å². The lowest BCUT2D eigenvalue weighted by molar-refractivity contribution is -0.671. The number of rotatable bonds is 4. The van der Waals surface area contributed by atoms with E-state index in [-0.39, 0.29) is 0 Å². The molecule has 0 saturated heterocycles. The minimum absolute atomic E-state index is 0.348. The molecule has 92 valence electrons. The van der Waals surface area contributed by atoms with E-state index in [1.54, 1.807) is 11.2 Å². The lowest BCUT2D eigenvalue weighted by atomic mass is 10.3. The molecule has 0 atom stereocenters. The van der Waals surface area contributed by atoms with E-state index in [9.17, 15) is 0 Å². The SMILES string of the molecule is C[n+]1ccc(C=NN(CN)c2ccccc2)cc1. The second kappa shape index (κ2) is 5.93. The summed E-state index contributed by atoms with van der Waals surface area (Å²) in [6, 6.07) is 13.9. The van der Waals surface area contributed by atoms with E-state index in [0.717, 1.165) is 11.3 Å². The summed E-state index contributed by atoms with van der Waals surface area (Å²) in [6.07, 6.45) is 5.77. The molecule has 0 fully saturated rings. The zero-order valence-electron chi connectivity index (χ0n) is 10.4. The number of anilines is 1. The van der Waals surface area contributed by atoms with Crippen LogP contribution in [0.25, 0.3) is 0 Å². The van der Waals surface area contributed by atoms with Gasteiger partial charge in [0.05, 0.1) is 18.6 Å². The molecule has 0 aliphatic heterocycles. The van der Waals surface area contributed by atoms with Gasteiger partial charge >= 0.3 is 0 Å². The Hall–Kier alpha value is -2.20. The van der Waals surface area contributed by atoms with Crippen molar-refractivity contribution in [2.75, 3.05) is 11.7 Å². The van der Waals surface area contributed by atoms with Gasteiger partial charge in [0.1, 0.15) is 7.05 Å². The van der Waals surface area contributed by atoms with Crippen molar-refractivity contribution < 1.29 is 4.57 Å². The van der Waals surface area contributed by atoms with E-state index in [2.05, 4.69) is 5.10 Å². The van der Waals surface area contributed by atoms with Crippen molar-refractivity contribution in [3.05, 3.63) is 60.4 Å². The molecule has 0 aliphatic rings. The fourth-order valence-corrected chi connectivity index (χ4v) is 1.55. The van der Waals surface area contributed by atoms with Crippen LogP contribution in [-0.4, -0.2) is 12.9 Å². The number of para-hydroxylation sites is 1. The molecular formula is C14H17N4+. The number of benzene rings is 1. The Labute approximate surface area is 107 Å². The first-order chi connectivity index (χ1) is 8.79. The van der Waals surface area contributed by atoms with Crippen LogP contribution >= 0.6 is 0 Å². The van der Waals surface area contributed by atoms with Gasteiger partial charge in [-0.3, -0.25) is 5.01 Å². The fourth-order valence-electron chi connectivity index (χ4n) is 1.55. The maximum Gasteiger partial charge on any atom is 0.169 e. The number of nitrogens with two attached hydrogens (primary N) is 1. The third-order valence-corrected chi connectivity index (χ3v) is 2.58. The van der Waals surface area contributed by atoms with E-state index >= 15 is 0 Å². The first-order valence-corrected chi connectivity index (χ1v) is 5.81. The first kappa shape index (κ1) is 12.3. The van der Waals surface area contributed by atoms with Gasteiger partial charge < -0.3 is 5.73 Å². The van der Waals surface area contributed by atoms with Crippen molar-refractivity contribution in [1.29, 1.82) is 0 Å². The normalized spacial score (nSPS) is 10.8. The van der Waals surface area contributed by atoms with Crippen LogP contribution in [0.5, 0.6) is 0 Å². The Morgan fingerprint density at radius 2 is 1.83 bits per heavy atom. The second-order valence-corrected chi connectivity index (χ2v) is 3.96. The highest BCUT2D eigenvalue weighted by Crippen LogP contribution is 2.11. The Balaban J connectivity index is 2.13. The highest BCUT2D eigenvalue weighted by Gasteiger charge is 2.00. The fraction of sp³-hybridized carbons (Fsp3) is 0.143. The summed E-state index contributed by atoms with van der Waals surface area (Å²) >= 11 is 0. The number of aryl methyl sites for hydroxylation is 1. The predicted molar refractivity (Wildman–Crippen MR) is 73.2 cm³/mol. The predicted octanol–water partition coefficient (Wildman–Crippen LogP) is 1.27. The monoisotopic (exact) mass is 241 g/mol.